The van der Waals surface area contributed by atoms with Crippen LogP contribution in [-0.4, -0.2) is 40.0 Å². The molecule has 0 unspecified atom stereocenters. The van der Waals surface area contributed by atoms with Gasteiger partial charge in [-0.3, -0.25) is 4.18 Å². The second-order valence-electron chi connectivity index (χ2n) is 4.22. The van der Waals surface area contributed by atoms with Crippen molar-refractivity contribution in [3.63, 3.8) is 0 Å². The Kier molecular flexibility index (Phi) is 4.07. The predicted octanol–water partition coefficient (Wildman–Crippen LogP) is 1.25. The maximum atomic E-state index is 12.0. The molecule has 0 aromatic carbocycles. The fourth-order valence-corrected chi connectivity index (χ4v) is 1.77. The number of alkyl halides is 3. The molecule has 1 rings (SSSR count). The van der Waals surface area contributed by atoms with Gasteiger partial charge in [-0.25, -0.2) is 0 Å². The third kappa shape index (κ3) is 3.54. The number of ether oxygens (including phenoxy) is 2. The van der Waals surface area contributed by atoms with Crippen molar-refractivity contribution < 1.29 is 35.2 Å². The highest BCUT2D eigenvalue weighted by Crippen LogP contribution is 2.31. The molecule has 0 radical (unpaired) electrons. The van der Waals surface area contributed by atoms with Crippen LogP contribution in [0.15, 0.2) is 0 Å². The van der Waals surface area contributed by atoms with Gasteiger partial charge in [0.1, 0.15) is 0 Å². The van der Waals surface area contributed by atoms with Gasteiger partial charge in [-0.1, -0.05) is 13.8 Å². The van der Waals surface area contributed by atoms with Gasteiger partial charge in [0.2, 0.25) is 0 Å². The summed E-state index contributed by atoms with van der Waals surface area (Å²) in [6.45, 7) is 2.96. The first-order valence-electron chi connectivity index (χ1n) is 4.75. The average Bonchev–Trinajstić information content (AvgIpc) is 2.66. The van der Waals surface area contributed by atoms with Gasteiger partial charge in [-0.2, -0.15) is 21.6 Å². The molecule has 5 nitrogen and oxygen atoms in total. The van der Waals surface area contributed by atoms with E-state index in [2.05, 4.69) is 4.18 Å². The lowest BCUT2D eigenvalue weighted by atomic mass is 9.94. The van der Waals surface area contributed by atoms with Crippen LogP contribution in [0.2, 0.25) is 0 Å². The van der Waals surface area contributed by atoms with E-state index in [4.69, 9.17) is 9.47 Å². The minimum atomic E-state index is -5.57. The van der Waals surface area contributed by atoms with Gasteiger partial charge in [0.25, 0.3) is 0 Å². The van der Waals surface area contributed by atoms with Crippen molar-refractivity contribution in [3.05, 3.63) is 0 Å². The van der Waals surface area contributed by atoms with Crippen molar-refractivity contribution >= 4 is 10.1 Å². The van der Waals surface area contributed by atoms with Gasteiger partial charge in [-0.15, -0.1) is 0 Å². The molecule has 17 heavy (non-hydrogen) atoms. The standard InChI is InChI=1S/C8H13F3O5S/c1-7(2,6-14-3-4-15-6)5-16-17(12,13)8(9,10)11/h6H,3-5H2,1-2H3. The first-order chi connectivity index (χ1) is 7.56. The monoisotopic (exact) mass is 278 g/mol. The maximum absolute atomic E-state index is 12.0. The van der Waals surface area contributed by atoms with E-state index in [-0.39, 0.29) is 0 Å². The Bertz CT molecular complexity index is 356. The molecule has 0 atom stereocenters. The Labute approximate surface area is 97.0 Å². The maximum Gasteiger partial charge on any atom is 0.523 e. The molecule has 1 fully saturated rings. The first kappa shape index (κ1) is 14.7. The molecule has 1 aliphatic rings. The molecule has 0 bridgehead atoms. The summed E-state index contributed by atoms with van der Waals surface area (Å²) in [6.07, 6.45) is -0.772. The van der Waals surface area contributed by atoms with Gasteiger partial charge < -0.3 is 9.47 Å². The minimum absolute atomic E-state index is 0.320. The first-order valence-corrected chi connectivity index (χ1v) is 6.16. The smallest absolute Gasteiger partial charge is 0.350 e. The van der Waals surface area contributed by atoms with Crippen LogP contribution >= 0.6 is 0 Å². The lowest BCUT2D eigenvalue weighted by Crippen LogP contribution is -2.37. The second-order valence-corrected chi connectivity index (χ2v) is 5.83. The molecule has 0 aromatic rings. The SMILES string of the molecule is CC(C)(COS(=O)(=O)C(F)(F)F)C1OCCO1. The van der Waals surface area contributed by atoms with Crippen molar-refractivity contribution in [2.24, 2.45) is 5.41 Å². The van der Waals surface area contributed by atoms with Gasteiger partial charge >= 0.3 is 15.6 Å². The van der Waals surface area contributed by atoms with Gasteiger partial charge in [-0.05, 0) is 0 Å². The van der Waals surface area contributed by atoms with E-state index in [1.165, 1.54) is 13.8 Å². The Morgan fingerprint density at radius 3 is 2.12 bits per heavy atom. The Hall–Kier alpha value is -0.380. The highest BCUT2D eigenvalue weighted by molar-refractivity contribution is 7.87. The fraction of sp³-hybridized carbons (Fsp3) is 1.00. The van der Waals surface area contributed by atoms with Gasteiger partial charge in [0, 0.05) is 5.41 Å². The van der Waals surface area contributed by atoms with Crippen molar-refractivity contribution in [2.75, 3.05) is 19.8 Å². The second kappa shape index (κ2) is 4.71. The van der Waals surface area contributed by atoms with Crippen LogP contribution in [0.4, 0.5) is 13.2 Å². The predicted molar refractivity (Wildman–Crippen MR) is 50.4 cm³/mol. The summed E-state index contributed by atoms with van der Waals surface area (Å²) in [5.74, 6) is 0. The van der Waals surface area contributed by atoms with Crippen molar-refractivity contribution in [1.82, 2.24) is 0 Å². The van der Waals surface area contributed by atoms with E-state index < -0.39 is 33.9 Å². The van der Waals surface area contributed by atoms with Gasteiger partial charge in [0.05, 0.1) is 19.8 Å². The topological polar surface area (TPSA) is 61.8 Å². The zero-order chi connectivity index (χ0) is 13.3. The largest absolute Gasteiger partial charge is 0.523 e. The Balaban J connectivity index is 2.61. The van der Waals surface area contributed by atoms with E-state index in [1.54, 1.807) is 0 Å². The van der Waals surface area contributed by atoms with Crippen LogP contribution in [-0.2, 0) is 23.8 Å². The summed E-state index contributed by atoms with van der Waals surface area (Å²) in [5, 5.41) is 0. The van der Waals surface area contributed by atoms with E-state index in [0.29, 0.717) is 13.2 Å². The molecule has 0 amide bonds. The minimum Gasteiger partial charge on any atom is -0.350 e. The summed E-state index contributed by atoms with van der Waals surface area (Å²) in [6, 6.07) is 0. The van der Waals surface area contributed by atoms with Gasteiger partial charge in [0.15, 0.2) is 6.29 Å². The number of rotatable bonds is 4. The lowest BCUT2D eigenvalue weighted by Gasteiger charge is -2.28. The molecular weight excluding hydrogens is 265 g/mol. The molecule has 0 aromatic heterocycles. The lowest BCUT2D eigenvalue weighted by molar-refractivity contribution is -0.133. The summed E-state index contributed by atoms with van der Waals surface area (Å²) in [7, 11) is -5.57. The molecule has 0 N–H and O–H groups in total. The molecule has 0 aliphatic carbocycles. The van der Waals surface area contributed by atoms with E-state index >= 15 is 0 Å². The molecule has 9 heteroatoms. The molecule has 1 saturated heterocycles. The van der Waals surface area contributed by atoms with Crippen LogP contribution in [0.3, 0.4) is 0 Å². The third-order valence-electron chi connectivity index (χ3n) is 2.13. The van der Waals surface area contributed by atoms with Crippen molar-refractivity contribution in [3.8, 4) is 0 Å². The van der Waals surface area contributed by atoms with Crippen LogP contribution in [0.5, 0.6) is 0 Å². The zero-order valence-electron chi connectivity index (χ0n) is 9.28. The normalized spacial score (nSPS) is 19.8. The van der Waals surface area contributed by atoms with Crippen LogP contribution in [0.25, 0.3) is 0 Å². The Morgan fingerprint density at radius 2 is 1.71 bits per heavy atom. The van der Waals surface area contributed by atoms with E-state index in [9.17, 15) is 21.6 Å². The highest BCUT2D eigenvalue weighted by atomic mass is 32.2. The number of halogens is 3. The summed E-state index contributed by atoms with van der Waals surface area (Å²) in [4.78, 5) is 0. The number of hydrogen-bond acceptors (Lipinski definition) is 5. The molecule has 0 saturated carbocycles. The summed E-state index contributed by atoms with van der Waals surface area (Å²) in [5.41, 5.74) is -6.41. The number of hydrogen-bond donors (Lipinski definition) is 0. The molecule has 1 heterocycles. The summed E-state index contributed by atoms with van der Waals surface area (Å²) >= 11 is 0. The third-order valence-corrected chi connectivity index (χ3v) is 3.12. The Morgan fingerprint density at radius 1 is 1.24 bits per heavy atom. The zero-order valence-corrected chi connectivity index (χ0v) is 10.1. The fourth-order valence-electron chi connectivity index (χ4n) is 1.17. The van der Waals surface area contributed by atoms with E-state index in [0.717, 1.165) is 0 Å². The highest BCUT2D eigenvalue weighted by Gasteiger charge is 2.48. The average molecular weight is 278 g/mol. The molecule has 0 spiro atoms. The quantitative estimate of drug-likeness (QED) is 0.572. The van der Waals surface area contributed by atoms with Crippen LogP contribution < -0.4 is 0 Å². The summed E-state index contributed by atoms with van der Waals surface area (Å²) < 4.78 is 71.5. The van der Waals surface area contributed by atoms with Crippen molar-refractivity contribution in [1.29, 1.82) is 0 Å². The molecule has 102 valence electrons. The molecular formula is C8H13F3O5S. The van der Waals surface area contributed by atoms with E-state index in [1.807, 2.05) is 0 Å². The molecule has 1 aliphatic heterocycles. The van der Waals surface area contributed by atoms with Crippen LogP contribution in [0, 0.1) is 5.41 Å². The van der Waals surface area contributed by atoms with Crippen LogP contribution in [0.1, 0.15) is 13.8 Å². The van der Waals surface area contributed by atoms with Crippen molar-refractivity contribution in [2.45, 2.75) is 25.6 Å².